The van der Waals surface area contributed by atoms with Gasteiger partial charge < -0.3 is 9.72 Å². The number of carbonyl (C=O) groups is 1. The fraction of sp³-hybridized carbons (Fsp3) is 0.364. The van der Waals surface area contributed by atoms with Crippen molar-refractivity contribution in [2.75, 3.05) is 5.32 Å². The number of hydrogen-bond acceptors (Lipinski definition) is 2. The van der Waals surface area contributed by atoms with E-state index in [1.165, 1.54) is 11.3 Å². The second kappa shape index (κ2) is 6.27. The topological polar surface area (TPSA) is 46.4 Å². The second-order valence-corrected chi connectivity index (χ2v) is 8.19. The fourth-order valence-corrected chi connectivity index (χ4v) is 3.68. The van der Waals surface area contributed by atoms with Crippen molar-refractivity contribution in [2.45, 2.75) is 45.4 Å². The fourth-order valence-electron chi connectivity index (χ4n) is 3.68. The number of carbonyl (C=O) groups excluding carboxylic acids is 1. The Morgan fingerprint density at radius 3 is 2.65 bits per heavy atom. The average Bonchev–Trinajstić information content (AvgIpc) is 2.99. The van der Waals surface area contributed by atoms with Crippen molar-refractivity contribution < 1.29 is 4.79 Å². The van der Waals surface area contributed by atoms with Crippen LogP contribution in [0.25, 0.3) is 5.65 Å². The van der Waals surface area contributed by atoms with E-state index in [-0.39, 0.29) is 17.2 Å². The normalized spacial score (nSPS) is 17.1. The van der Waals surface area contributed by atoms with Crippen LogP contribution in [0.1, 0.15) is 44.1 Å². The van der Waals surface area contributed by atoms with Gasteiger partial charge in [0.25, 0.3) is 0 Å². The molecule has 4 heteroatoms. The van der Waals surface area contributed by atoms with E-state index < -0.39 is 0 Å². The van der Waals surface area contributed by atoms with Crippen LogP contribution < -0.4 is 5.32 Å². The molecular weight excluding hydrogens is 322 g/mol. The van der Waals surface area contributed by atoms with Gasteiger partial charge in [0.15, 0.2) is 0 Å². The molecule has 1 unspecified atom stereocenters. The van der Waals surface area contributed by atoms with Crippen LogP contribution >= 0.6 is 0 Å². The zero-order valence-electron chi connectivity index (χ0n) is 15.6. The zero-order chi connectivity index (χ0) is 18.3. The molecule has 1 N–H and O–H groups in total. The summed E-state index contributed by atoms with van der Waals surface area (Å²) in [4.78, 5) is 17.5. The van der Waals surface area contributed by atoms with Gasteiger partial charge in [-0.1, -0.05) is 39.0 Å². The highest BCUT2D eigenvalue weighted by Crippen LogP contribution is 2.28. The lowest BCUT2D eigenvalue weighted by Gasteiger charge is -2.22. The van der Waals surface area contributed by atoms with Crippen molar-refractivity contribution >= 4 is 17.2 Å². The lowest BCUT2D eigenvalue weighted by molar-refractivity contribution is -0.120. The summed E-state index contributed by atoms with van der Waals surface area (Å²) < 4.78 is 2.12. The molecule has 2 aromatic heterocycles. The monoisotopic (exact) mass is 347 g/mol. The SMILES string of the molecule is CC(C)(C)c1ccc(NC(=O)C2CCc3nc4ccccn4c3C2)cc1. The molecule has 0 spiro atoms. The Kier molecular flexibility index (Phi) is 4.06. The molecule has 0 aliphatic heterocycles. The van der Waals surface area contributed by atoms with Crippen LogP contribution in [0.5, 0.6) is 0 Å². The standard InChI is InChI=1S/C22H25N3O/c1-22(2,3)16-8-10-17(11-9-16)23-21(26)15-7-12-18-19(14-15)25-13-5-4-6-20(25)24-18/h4-6,8-11,13,15H,7,12,14H2,1-3H3,(H,23,26). The molecule has 2 heterocycles. The van der Waals surface area contributed by atoms with Crippen LogP contribution in [0.2, 0.25) is 0 Å². The minimum Gasteiger partial charge on any atom is -0.326 e. The first-order valence-corrected chi connectivity index (χ1v) is 9.28. The second-order valence-electron chi connectivity index (χ2n) is 8.19. The number of aryl methyl sites for hydroxylation is 1. The highest BCUT2D eigenvalue weighted by Gasteiger charge is 2.28. The Balaban J connectivity index is 1.49. The van der Waals surface area contributed by atoms with E-state index >= 15 is 0 Å². The van der Waals surface area contributed by atoms with E-state index in [9.17, 15) is 4.79 Å². The van der Waals surface area contributed by atoms with Crippen LogP contribution in [-0.4, -0.2) is 15.3 Å². The molecule has 3 aromatic rings. The molecule has 26 heavy (non-hydrogen) atoms. The van der Waals surface area contributed by atoms with Gasteiger partial charge in [0, 0.05) is 29.9 Å². The van der Waals surface area contributed by atoms with E-state index in [1.54, 1.807) is 0 Å². The number of rotatable bonds is 2. The maximum Gasteiger partial charge on any atom is 0.227 e. The van der Waals surface area contributed by atoms with E-state index in [2.05, 4.69) is 42.6 Å². The van der Waals surface area contributed by atoms with Gasteiger partial charge >= 0.3 is 0 Å². The van der Waals surface area contributed by atoms with Gasteiger partial charge in [0.05, 0.1) is 5.69 Å². The summed E-state index contributed by atoms with van der Waals surface area (Å²) in [5.74, 6) is 0.0925. The molecule has 1 aromatic carbocycles. The number of nitrogens with one attached hydrogen (secondary N) is 1. The van der Waals surface area contributed by atoms with Gasteiger partial charge in [-0.15, -0.1) is 0 Å². The van der Waals surface area contributed by atoms with E-state index in [4.69, 9.17) is 4.98 Å². The first-order valence-electron chi connectivity index (χ1n) is 9.28. The molecule has 134 valence electrons. The largest absolute Gasteiger partial charge is 0.326 e. The number of benzene rings is 1. The van der Waals surface area contributed by atoms with Gasteiger partial charge in [-0.2, -0.15) is 0 Å². The van der Waals surface area contributed by atoms with E-state index in [0.29, 0.717) is 0 Å². The van der Waals surface area contributed by atoms with Crippen LogP contribution in [0, 0.1) is 5.92 Å². The minimum absolute atomic E-state index is 0.00935. The summed E-state index contributed by atoms with van der Waals surface area (Å²) in [7, 11) is 0. The summed E-state index contributed by atoms with van der Waals surface area (Å²) in [5.41, 5.74) is 5.53. The van der Waals surface area contributed by atoms with Crippen molar-refractivity contribution in [3.8, 4) is 0 Å². The molecule has 0 radical (unpaired) electrons. The van der Waals surface area contributed by atoms with Crippen LogP contribution in [0.3, 0.4) is 0 Å². The quantitative estimate of drug-likeness (QED) is 0.748. The molecule has 4 rings (SSSR count). The lowest BCUT2D eigenvalue weighted by atomic mass is 9.87. The van der Waals surface area contributed by atoms with Crippen LogP contribution in [0.4, 0.5) is 5.69 Å². The molecule has 1 aliphatic rings. The summed E-state index contributed by atoms with van der Waals surface area (Å²) >= 11 is 0. The minimum atomic E-state index is -0.00935. The number of imidazole rings is 1. The maximum atomic E-state index is 12.8. The van der Waals surface area contributed by atoms with Crippen molar-refractivity contribution in [3.05, 3.63) is 65.6 Å². The number of fused-ring (bicyclic) bond motifs is 3. The number of nitrogens with zero attached hydrogens (tertiary/aromatic N) is 2. The Morgan fingerprint density at radius 2 is 1.92 bits per heavy atom. The summed E-state index contributed by atoms with van der Waals surface area (Å²) in [6, 6.07) is 14.2. The first-order chi connectivity index (χ1) is 12.4. The average molecular weight is 347 g/mol. The predicted molar refractivity (Wildman–Crippen MR) is 104 cm³/mol. The molecule has 4 nitrogen and oxygen atoms in total. The molecule has 0 fully saturated rings. The molecule has 0 bridgehead atoms. The number of anilines is 1. The van der Waals surface area contributed by atoms with Crippen LogP contribution in [0.15, 0.2) is 48.7 Å². The van der Waals surface area contributed by atoms with Gasteiger partial charge in [0.2, 0.25) is 5.91 Å². The Bertz CT molecular complexity index is 948. The smallest absolute Gasteiger partial charge is 0.227 e. The van der Waals surface area contributed by atoms with Gasteiger partial charge in [-0.25, -0.2) is 4.98 Å². The number of pyridine rings is 1. The predicted octanol–water partition coefficient (Wildman–Crippen LogP) is 4.38. The third kappa shape index (κ3) is 3.12. The van der Waals surface area contributed by atoms with Gasteiger partial charge in [-0.3, -0.25) is 4.79 Å². The Hall–Kier alpha value is -2.62. The molecule has 1 aliphatic carbocycles. The highest BCUT2D eigenvalue weighted by atomic mass is 16.1. The number of amides is 1. The third-order valence-electron chi connectivity index (χ3n) is 5.27. The molecule has 1 atom stereocenters. The van der Waals surface area contributed by atoms with Crippen molar-refractivity contribution in [3.63, 3.8) is 0 Å². The third-order valence-corrected chi connectivity index (χ3v) is 5.27. The lowest BCUT2D eigenvalue weighted by Crippen LogP contribution is -2.28. The van der Waals surface area contributed by atoms with Gasteiger partial charge in [0.1, 0.15) is 5.65 Å². The molecular formula is C22H25N3O. The van der Waals surface area contributed by atoms with E-state index in [0.717, 1.165) is 36.3 Å². The summed E-state index contributed by atoms with van der Waals surface area (Å²) in [5, 5.41) is 3.09. The van der Waals surface area contributed by atoms with Crippen molar-refractivity contribution in [1.82, 2.24) is 9.38 Å². The molecule has 0 saturated carbocycles. The summed E-state index contributed by atoms with van der Waals surface area (Å²) in [6.45, 7) is 6.57. The van der Waals surface area contributed by atoms with Crippen molar-refractivity contribution in [1.29, 1.82) is 0 Å². The van der Waals surface area contributed by atoms with Crippen LogP contribution in [-0.2, 0) is 23.1 Å². The zero-order valence-corrected chi connectivity index (χ0v) is 15.6. The first kappa shape index (κ1) is 16.8. The number of hydrogen-bond donors (Lipinski definition) is 1. The Labute approximate surface area is 154 Å². The molecule has 1 amide bonds. The Morgan fingerprint density at radius 1 is 1.15 bits per heavy atom. The summed E-state index contributed by atoms with van der Waals surface area (Å²) in [6.07, 6.45) is 4.49. The molecule has 0 saturated heterocycles. The van der Waals surface area contributed by atoms with Gasteiger partial charge in [-0.05, 0) is 48.1 Å². The highest BCUT2D eigenvalue weighted by molar-refractivity contribution is 5.92. The number of aromatic nitrogens is 2. The van der Waals surface area contributed by atoms with E-state index in [1.807, 2.05) is 36.5 Å². The maximum absolute atomic E-state index is 12.8. The van der Waals surface area contributed by atoms with Crippen molar-refractivity contribution in [2.24, 2.45) is 5.92 Å².